The van der Waals surface area contributed by atoms with Gasteiger partial charge in [-0.15, -0.1) is 11.3 Å². The quantitative estimate of drug-likeness (QED) is 0.852. The molecule has 0 amide bonds. The number of hydrogen-bond acceptors (Lipinski definition) is 3. The fourth-order valence-corrected chi connectivity index (χ4v) is 2.24. The lowest BCUT2D eigenvalue weighted by atomic mass is 10.1. The van der Waals surface area contributed by atoms with Gasteiger partial charge in [-0.25, -0.2) is 0 Å². The van der Waals surface area contributed by atoms with Crippen molar-refractivity contribution in [3.05, 3.63) is 51.4 Å². The topological polar surface area (TPSA) is 38.9 Å². The number of pyridine rings is 1. The Morgan fingerprint density at radius 2 is 2.29 bits per heavy atom. The number of nitrogens with zero attached hydrogens (tertiary/aromatic N) is 1. The molecule has 72 valence electrons. The molecule has 0 radical (unpaired) electrons. The van der Waals surface area contributed by atoms with Crippen molar-refractivity contribution >= 4 is 22.9 Å². The zero-order valence-corrected chi connectivity index (χ0v) is 8.92. The number of halogens is 1. The van der Waals surface area contributed by atoms with Gasteiger partial charge >= 0.3 is 0 Å². The molecule has 4 heteroatoms. The predicted octanol–water partition coefficient (Wildman–Crippen LogP) is 2.84. The van der Waals surface area contributed by atoms with Crippen LogP contribution in [0.5, 0.6) is 0 Å². The Balaban J connectivity index is 2.37. The minimum Gasteiger partial charge on any atom is -0.320 e. The van der Waals surface area contributed by atoms with E-state index in [1.54, 1.807) is 23.7 Å². The van der Waals surface area contributed by atoms with Crippen molar-refractivity contribution < 1.29 is 0 Å². The molecule has 2 N–H and O–H groups in total. The SMILES string of the molecule is NC(c1cccs1)c1ccncc1Cl. The summed E-state index contributed by atoms with van der Waals surface area (Å²) in [5.41, 5.74) is 6.98. The van der Waals surface area contributed by atoms with Crippen LogP contribution < -0.4 is 5.73 Å². The Morgan fingerprint density at radius 1 is 1.43 bits per heavy atom. The molecule has 2 heterocycles. The van der Waals surface area contributed by atoms with Crippen molar-refractivity contribution in [2.24, 2.45) is 5.73 Å². The molecule has 0 saturated carbocycles. The summed E-state index contributed by atoms with van der Waals surface area (Å²) in [6, 6.07) is 5.69. The Bertz CT molecular complexity index is 414. The highest BCUT2D eigenvalue weighted by Gasteiger charge is 2.12. The van der Waals surface area contributed by atoms with Crippen molar-refractivity contribution in [2.45, 2.75) is 6.04 Å². The summed E-state index contributed by atoms with van der Waals surface area (Å²) >= 11 is 7.63. The fourth-order valence-electron chi connectivity index (χ4n) is 1.26. The van der Waals surface area contributed by atoms with Crippen LogP contribution in [0.3, 0.4) is 0 Å². The molecule has 2 nitrogen and oxygen atoms in total. The molecule has 0 spiro atoms. The summed E-state index contributed by atoms with van der Waals surface area (Å²) in [4.78, 5) is 5.03. The zero-order valence-electron chi connectivity index (χ0n) is 7.35. The van der Waals surface area contributed by atoms with Crippen molar-refractivity contribution in [1.82, 2.24) is 4.98 Å². The monoisotopic (exact) mass is 224 g/mol. The third-order valence-corrected chi connectivity index (χ3v) is 3.26. The summed E-state index contributed by atoms with van der Waals surface area (Å²) in [6.45, 7) is 0. The molecular formula is C10H9ClN2S. The fraction of sp³-hybridized carbons (Fsp3) is 0.100. The van der Waals surface area contributed by atoms with E-state index in [4.69, 9.17) is 17.3 Å². The average molecular weight is 225 g/mol. The Kier molecular flexibility index (Phi) is 2.82. The maximum Gasteiger partial charge on any atom is 0.0661 e. The normalized spacial score (nSPS) is 12.7. The van der Waals surface area contributed by atoms with Crippen molar-refractivity contribution in [3.63, 3.8) is 0 Å². The summed E-state index contributed by atoms with van der Waals surface area (Å²) in [5.74, 6) is 0. The van der Waals surface area contributed by atoms with Gasteiger partial charge in [-0.05, 0) is 23.1 Å². The lowest BCUT2D eigenvalue weighted by Crippen LogP contribution is -2.10. The van der Waals surface area contributed by atoms with Gasteiger partial charge in [0.1, 0.15) is 0 Å². The smallest absolute Gasteiger partial charge is 0.0661 e. The molecule has 2 rings (SSSR count). The van der Waals surface area contributed by atoms with E-state index in [0.29, 0.717) is 5.02 Å². The number of hydrogen-bond donors (Lipinski definition) is 1. The highest BCUT2D eigenvalue weighted by Crippen LogP contribution is 2.27. The van der Waals surface area contributed by atoms with Crippen molar-refractivity contribution in [1.29, 1.82) is 0 Å². The van der Waals surface area contributed by atoms with Gasteiger partial charge < -0.3 is 5.73 Å². The first-order chi connectivity index (χ1) is 6.79. The van der Waals surface area contributed by atoms with Crippen LogP contribution in [0, 0.1) is 0 Å². The summed E-state index contributed by atoms with van der Waals surface area (Å²) in [5, 5.41) is 2.62. The number of aromatic nitrogens is 1. The highest BCUT2D eigenvalue weighted by molar-refractivity contribution is 7.10. The van der Waals surface area contributed by atoms with Gasteiger partial charge in [-0.1, -0.05) is 17.7 Å². The van der Waals surface area contributed by atoms with Crippen LogP contribution in [0.1, 0.15) is 16.5 Å². The van der Waals surface area contributed by atoms with Gasteiger partial charge in [-0.2, -0.15) is 0 Å². The minimum absolute atomic E-state index is 0.148. The van der Waals surface area contributed by atoms with Crippen LogP contribution >= 0.6 is 22.9 Å². The molecule has 0 aliphatic carbocycles. The van der Waals surface area contributed by atoms with E-state index in [9.17, 15) is 0 Å². The van der Waals surface area contributed by atoms with Crippen LogP contribution in [-0.4, -0.2) is 4.98 Å². The van der Waals surface area contributed by atoms with Gasteiger partial charge in [0.05, 0.1) is 11.1 Å². The first-order valence-corrected chi connectivity index (χ1v) is 5.43. The van der Waals surface area contributed by atoms with Crippen LogP contribution in [0.4, 0.5) is 0 Å². The molecule has 0 aromatic carbocycles. The number of rotatable bonds is 2. The maximum atomic E-state index is 6.06. The number of thiophene rings is 1. The third kappa shape index (κ3) is 1.80. The molecule has 2 aromatic heterocycles. The first kappa shape index (κ1) is 9.65. The molecule has 1 unspecified atom stereocenters. The van der Waals surface area contributed by atoms with Crippen molar-refractivity contribution in [3.8, 4) is 0 Å². The first-order valence-electron chi connectivity index (χ1n) is 4.17. The molecule has 2 aromatic rings. The molecule has 0 saturated heterocycles. The van der Waals surface area contributed by atoms with E-state index in [1.165, 1.54) is 0 Å². The van der Waals surface area contributed by atoms with Gasteiger partial charge in [0.15, 0.2) is 0 Å². The minimum atomic E-state index is -0.148. The second-order valence-corrected chi connectivity index (χ2v) is 4.28. The molecule has 0 aliphatic rings. The van der Waals surface area contributed by atoms with Crippen molar-refractivity contribution in [2.75, 3.05) is 0 Å². The van der Waals surface area contributed by atoms with E-state index in [-0.39, 0.29) is 6.04 Å². The van der Waals surface area contributed by atoms with Gasteiger partial charge in [0.25, 0.3) is 0 Å². The van der Waals surface area contributed by atoms with E-state index >= 15 is 0 Å². The molecule has 14 heavy (non-hydrogen) atoms. The van der Waals surface area contributed by atoms with Crippen LogP contribution in [0.25, 0.3) is 0 Å². The largest absolute Gasteiger partial charge is 0.320 e. The molecular weight excluding hydrogens is 216 g/mol. The van der Waals surface area contributed by atoms with Gasteiger partial charge in [-0.3, -0.25) is 4.98 Å². The Labute approximate surface area is 91.4 Å². The Hall–Kier alpha value is -0.900. The van der Waals surface area contributed by atoms with E-state index in [1.807, 2.05) is 23.6 Å². The lowest BCUT2D eigenvalue weighted by molar-refractivity contribution is 0.889. The van der Waals surface area contributed by atoms with E-state index < -0.39 is 0 Å². The van der Waals surface area contributed by atoms with E-state index in [2.05, 4.69) is 4.98 Å². The second kappa shape index (κ2) is 4.09. The zero-order chi connectivity index (χ0) is 9.97. The highest BCUT2D eigenvalue weighted by atomic mass is 35.5. The number of nitrogens with two attached hydrogens (primary N) is 1. The standard InChI is InChI=1S/C10H9ClN2S/c11-8-6-13-4-3-7(8)10(12)9-2-1-5-14-9/h1-6,10H,12H2. The van der Waals surface area contributed by atoms with E-state index in [0.717, 1.165) is 10.4 Å². The summed E-state index contributed by atoms with van der Waals surface area (Å²) < 4.78 is 0. The van der Waals surface area contributed by atoms with Crippen LogP contribution in [0.2, 0.25) is 5.02 Å². The average Bonchev–Trinajstić information content (AvgIpc) is 2.70. The summed E-state index contributed by atoms with van der Waals surface area (Å²) in [7, 11) is 0. The molecule has 0 bridgehead atoms. The molecule has 0 aliphatic heterocycles. The molecule has 1 atom stereocenters. The van der Waals surface area contributed by atoms with Gasteiger partial charge in [0.2, 0.25) is 0 Å². The predicted molar refractivity (Wildman–Crippen MR) is 59.6 cm³/mol. The van der Waals surface area contributed by atoms with Crippen LogP contribution in [-0.2, 0) is 0 Å². The third-order valence-electron chi connectivity index (χ3n) is 1.99. The second-order valence-electron chi connectivity index (χ2n) is 2.89. The summed E-state index contributed by atoms with van der Waals surface area (Å²) in [6.07, 6.45) is 3.32. The van der Waals surface area contributed by atoms with Gasteiger partial charge in [0, 0.05) is 17.3 Å². The Morgan fingerprint density at radius 3 is 2.93 bits per heavy atom. The van der Waals surface area contributed by atoms with Crippen LogP contribution in [0.15, 0.2) is 36.0 Å². The molecule has 0 fully saturated rings. The maximum absolute atomic E-state index is 6.06. The lowest BCUT2D eigenvalue weighted by Gasteiger charge is -2.10.